The third-order valence-corrected chi connectivity index (χ3v) is 5.67. The van der Waals surface area contributed by atoms with E-state index in [0.717, 1.165) is 41.6 Å². The van der Waals surface area contributed by atoms with Gasteiger partial charge in [0.1, 0.15) is 0 Å². The van der Waals surface area contributed by atoms with E-state index in [9.17, 15) is 9.59 Å². The Balaban J connectivity index is 1.66. The van der Waals surface area contributed by atoms with Crippen LogP contribution in [0.15, 0.2) is 23.6 Å². The van der Waals surface area contributed by atoms with Crippen LogP contribution in [0.2, 0.25) is 0 Å². The summed E-state index contributed by atoms with van der Waals surface area (Å²) in [6.45, 7) is 5.51. The van der Waals surface area contributed by atoms with Gasteiger partial charge in [0.05, 0.1) is 5.56 Å². The van der Waals surface area contributed by atoms with E-state index in [0.29, 0.717) is 5.56 Å². The van der Waals surface area contributed by atoms with Gasteiger partial charge < -0.3 is 10.1 Å². The molecule has 0 unspecified atom stereocenters. The van der Waals surface area contributed by atoms with Gasteiger partial charge in [-0.15, -0.1) is 11.3 Å². The minimum atomic E-state index is -0.841. The number of anilines is 1. The second kappa shape index (κ2) is 7.40. The number of ether oxygens (including phenoxy) is 1. The van der Waals surface area contributed by atoms with Gasteiger partial charge in [-0.3, -0.25) is 4.79 Å². The van der Waals surface area contributed by atoms with Crippen LogP contribution < -0.4 is 5.32 Å². The van der Waals surface area contributed by atoms with E-state index in [-0.39, 0.29) is 5.91 Å². The lowest BCUT2D eigenvalue weighted by atomic mass is 9.96. The topological polar surface area (TPSA) is 55.4 Å². The monoisotopic (exact) mass is 357 g/mol. The van der Waals surface area contributed by atoms with E-state index < -0.39 is 12.1 Å². The van der Waals surface area contributed by atoms with Gasteiger partial charge >= 0.3 is 5.97 Å². The van der Waals surface area contributed by atoms with E-state index in [1.165, 1.54) is 11.3 Å². The number of fused-ring (bicyclic) bond motifs is 1. The zero-order valence-corrected chi connectivity index (χ0v) is 15.7. The predicted octanol–water partition coefficient (Wildman–Crippen LogP) is 4.43. The zero-order chi connectivity index (χ0) is 18.0. The van der Waals surface area contributed by atoms with E-state index in [4.69, 9.17) is 4.74 Å². The standard InChI is InChI=1S/C20H23NO3S/c1-12-8-9-13(2)17(10-12)21-19(22)14(3)24-20(23)16-11-25-18-7-5-4-6-15(16)18/h8-11,14H,4-7H2,1-3H3,(H,21,22)/t14-/m1/s1. The summed E-state index contributed by atoms with van der Waals surface area (Å²) in [7, 11) is 0. The molecule has 3 rings (SSSR count). The summed E-state index contributed by atoms with van der Waals surface area (Å²) in [5.41, 5.74) is 4.54. The molecule has 0 saturated heterocycles. The van der Waals surface area contributed by atoms with E-state index in [1.54, 1.807) is 18.3 Å². The van der Waals surface area contributed by atoms with Crippen LogP contribution in [-0.4, -0.2) is 18.0 Å². The highest BCUT2D eigenvalue weighted by atomic mass is 32.1. The molecule has 25 heavy (non-hydrogen) atoms. The number of rotatable bonds is 4. The van der Waals surface area contributed by atoms with Crippen LogP contribution in [0.1, 0.15) is 51.7 Å². The summed E-state index contributed by atoms with van der Waals surface area (Å²) in [5.74, 6) is -0.714. The molecular formula is C20H23NO3S. The Morgan fingerprint density at radius 2 is 1.96 bits per heavy atom. The molecule has 1 amide bonds. The summed E-state index contributed by atoms with van der Waals surface area (Å²) < 4.78 is 5.42. The van der Waals surface area contributed by atoms with E-state index in [2.05, 4.69) is 5.32 Å². The van der Waals surface area contributed by atoms with Crippen LogP contribution in [-0.2, 0) is 22.4 Å². The Bertz CT molecular complexity index is 809. The van der Waals surface area contributed by atoms with Crippen molar-refractivity contribution in [2.24, 2.45) is 0 Å². The minimum absolute atomic E-state index is 0.314. The van der Waals surface area contributed by atoms with Crippen LogP contribution in [0, 0.1) is 13.8 Å². The fourth-order valence-corrected chi connectivity index (χ4v) is 4.16. The molecule has 1 aliphatic rings. The quantitative estimate of drug-likeness (QED) is 0.824. The maximum absolute atomic E-state index is 12.5. The van der Waals surface area contributed by atoms with Crippen LogP contribution in [0.4, 0.5) is 5.69 Å². The number of carbonyl (C=O) groups is 2. The van der Waals surface area contributed by atoms with Gasteiger partial charge in [0.2, 0.25) is 0 Å². The predicted molar refractivity (Wildman–Crippen MR) is 100 cm³/mol. The van der Waals surface area contributed by atoms with E-state index >= 15 is 0 Å². The average Bonchev–Trinajstić information content (AvgIpc) is 3.02. The van der Waals surface area contributed by atoms with Crippen molar-refractivity contribution < 1.29 is 14.3 Å². The average molecular weight is 357 g/mol. The largest absolute Gasteiger partial charge is 0.449 e. The molecule has 1 aromatic heterocycles. The van der Waals surface area contributed by atoms with Gasteiger partial charge in [0.15, 0.2) is 6.10 Å². The third kappa shape index (κ3) is 3.93. The first-order chi connectivity index (χ1) is 12.0. The lowest BCUT2D eigenvalue weighted by Crippen LogP contribution is -2.30. The lowest BCUT2D eigenvalue weighted by molar-refractivity contribution is -0.123. The second-order valence-electron chi connectivity index (χ2n) is 6.61. The van der Waals surface area contributed by atoms with Crippen LogP contribution in [0.25, 0.3) is 0 Å². The number of amides is 1. The summed E-state index contributed by atoms with van der Waals surface area (Å²) in [6, 6.07) is 5.87. The molecule has 132 valence electrons. The highest BCUT2D eigenvalue weighted by molar-refractivity contribution is 7.10. The third-order valence-electron chi connectivity index (χ3n) is 4.59. The molecule has 4 nitrogen and oxygen atoms in total. The Labute approximate surface area is 152 Å². The lowest BCUT2D eigenvalue weighted by Gasteiger charge is -2.16. The number of carbonyl (C=O) groups excluding carboxylic acids is 2. The van der Waals surface area contributed by atoms with E-state index in [1.807, 2.05) is 37.4 Å². The molecule has 0 saturated carbocycles. The molecule has 1 aromatic carbocycles. The Morgan fingerprint density at radius 1 is 1.20 bits per heavy atom. The van der Waals surface area contributed by atoms with Gasteiger partial charge in [-0.05, 0) is 69.2 Å². The first kappa shape index (κ1) is 17.7. The van der Waals surface area contributed by atoms with Crippen molar-refractivity contribution in [2.45, 2.75) is 52.6 Å². The number of aryl methyl sites for hydroxylation is 3. The fourth-order valence-electron chi connectivity index (χ4n) is 3.05. The van der Waals surface area contributed by atoms with Crippen molar-refractivity contribution in [1.29, 1.82) is 0 Å². The van der Waals surface area contributed by atoms with Gasteiger partial charge in [-0.25, -0.2) is 4.79 Å². The van der Waals surface area contributed by atoms with Gasteiger partial charge in [-0.2, -0.15) is 0 Å². The van der Waals surface area contributed by atoms with Crippen LogP contribution in [0.3, 0.4) is 0 Å². The van der Waals surface area contributed by atoms with Crippen molar-refractivity contribution in [3.05, 3.63) is 50.7 Å². The smallest absolute Gasteiger partial charge is 0.340 e. The highest BCUT2D eigenvalue weighted by Gasteiger charge is 2.24. The molecule has 0 fully saturated rings. The maximum atomic E-state index is 12.5. The number of benzene rings is 1. The molecule has 5 heteroatoms. The normalized spacial score (nSPS) is 14.5. The highest BCUT2D eigenvalue weighted by Crippen LogP contribution is 2.30. The molecule has 0 spiro atoms. The number of nitrogens with one attached hydrogen (secondary N) is 1. The molecule has 0 aliphatic heterocycles. The number of esters is 1. The summed E-state index contributed by atoms with van der Waals surface area (Å²) >= 11 is 1.62. The molecular weight excluding hydrogens is 334 g/mol. The Morgan fingerprint density at radius 3 is 2.76 bits per heavy atom. The molecule has 1 heterocycles. The van der Waals surface area contributed by atoms with Crippen molar-refractivity contribution in [1.82, 2.24) is 0 Å². The SMILES string of the molecule is Cc1ccc(C)c(NC(=O)[C@@H](C)OC(=O)c2csc3c2CCCC3)c1. The number of thiophene rings is 1. The number of hydrogen-bond acceptors (Lipinski definition) is 4. The fraction of sp³-hybridized carbons (Fsp3) is 0.400. The minimum Gasteiger partial charge on any atom is -0.449 e. The van der Waals surface area contributed by atoms with Crippen molar-refractivity contribution in [3.63, 3.8) is 0 Å². The molecule has 0 bridgehead atoms. The van der Waals surface area contributed by atoms with Gasteiger partial charge in [0.25, 0.3) is 5.91 Å². The summed E-state index contributed by atoms with van der Waals surface area (Å²) in [5, 5.41) is 4.72. The molecule has 1 N–H and O–H groups in total. The maximum Gasteiger partial charge on any atom is 0.340 e. The van der Waals surface area contributed by atoms with Gasteiger partial charge in [-0.1, -0.05) is 12.1 Å². The first-order valence-corrected chi connectivity index (χ1v) is 9.52. The summed E-state index contributed by atoms with van der Waals surface area (Å²) in [6.07, 6.45) is 3.40. The zero-order valence-electron chi connectivity index (χ0n) is 14.8. The number of hydrogen-bond donors (Lipinski definition) is 1. The molecule has 2 aromatic rings. The molecule has 1 aliphatic carbocycles. The second-order valence-corrected chi connectivity index (χ2v) is 7.58. The Hall–Kier alpha value is -2.14. The summed E-state index contributed by atoms with van der Waals surface area (Å²) in [4.78, 5) is 26.1. The van der Waals surface area contributed by atoms with Crippen LogP contribution in [0.5, 0.6) is 0 Å². The Kier molecular flexibility index (Phi) is 5.23. The molecule has 1 atom stereocenters. The molecule has 0 radical (unpaired) electrons. The first-order valence-electron chi connectivity index (χ1n) is 8.64. The van der Waals surface area contributed by atoms with Crippen molar-refractivity contribution >= 4 is 28.9 Å². The van der Waals surface area contributed by atoms with Gasteiger partial charge in [0, 0.05) is 15.9 Å². The van der Waals surface area contributed by atoms with Crippen LogP contribution >= 0.6 is 11.3 Å². The van der Waals surface area contributed by atoms with Crippen molar-refractivity contribution in [3.8, 4) is 0 Å². The van der Waals surface area contributed by atoms with Crippen molar-refractivity contribution in [2.75, 3.05) is 5.32 Å².